The van der Waals surface area contributed by atoms with Gasteiger partial charge >= 0.3 is 5.97 Å². The Morgan fingerprint density at radius 1 is 1.30 bits per heavy atom. The first-order valence-electron chi connectivity index (χ1n) is 9.54. The zero-order valence-electron chi connectivity index (χ0n) is 16.1. The number of halogens is 1. The van der Waals surface area contributed by atoms with Crippen LogP contribution < -0.4 is 4.74 Å². The number of nitrogens with zero attached hydrogens (tertiary/aromatic N) is 2. The summed E-state index contributed by atoms with van der Waals surface area (Å²) in [7, 11) is -3.63. The number of rotatable bonds is 5. The van der Waals surface area contributed by atoms with Gasteiger partial charge in [-0.05, 0) is 37.1 Å². The molecule has 30 heavy (non-hydrogen) atoms. The van der Waals surface area contributed by atoms with Gasteiger partial charge in [-0.25, -0.2) is 12.8 Å². The highest BCUT2D eigenvalue weighted by molar-refractivity contribution is 7.89. The van der Waals surface area contributed by atoms with E-state index in [1.165, 1.54) is 34.9 Å². The number of sulfonamides is 1. The summed E-state index contributed by atoms with van der Waals surface area (Å²) in [6.45, 7) is 0.605. The van der Waals surface area contributed by atoms with Crippen LogP contribution in [0.1, 0.15) is 24.0 Å². The maximum Gasteiger partial charge on any atom is 0.309 e. The quantitative estimate of drug-likeness (QED) is 0.664. The molecule has 160 valence electrons. The van der Waals surface area contributed by atoms with Gasteiger partial charge in [0.05, 0.1) is 12.5 Å². The Hall–Kier alpha value is -2.56. The van der Waals surface area contributed by atoms with E-state index in [2.05, 4.69) is 4.98 Å². The molecule has 10 heteroatoms. The first-order valence-corrected chi connectivity index (χ1v) is 11.0. The van der Waals surface area contributed by atoms with Gasteiger partial charge in [-0.1, -0.05) is 0 Å². The molecule has 2 aromatic rings. The van der Waals surface area contributed by atoms with Crippen LogP contribution in [0.15, 0.2) is 41.6 Å². The average Bonchev–Trinajstić information content (AvgIpc) is 2.77. The number of benzene rings is 1. The molecule has 0 amide bonds. The Bertz CT molecular complexity index is 1020. The Balaban J connectivity index is 1.35. The van der Waals surface area contributed by atoms with Crippen molar-refractivity contribution in [2.45, 2.75) is 31.0 Å². The third kappa shape index (κ3) is 4.30. The number of piperidine rings is 1. The molecule has 2 aliphatic rings. The van der Waals surface area contributed by atoms with Gasteiger partial charge in [-0.15, -0.1) is 0 Å². The minimum absolute atomic E-state index is 0.0590. The first-order chi connectivity index (χ1) is 14.4. The van der Waals surface area contributed by atoms with Crippen molar-refractivity contribution < 1.29 is 31.8 Å². The molecule has 0 N–H and O–H groups in total. The summed E-state index contributed by atoms with van der Waals surface area (Å²) in [6, 6.07) is 5.67. The van der Waals surface area contributed by atoms with Crippen LogP contribution in [0.4, 0.5) is 4.39 Å². The summed E-state index contributed by atoms with van der Waals surface area (Å²) < 4.78 is 56.4. The summed E-state index contributed by atoms with van der Waals surface area (Å²) in [5, 5.41) is 0. The van der Waals surface area contributed by atoms with E-state index in [-0.39, 0.29) is 38.0 Å². The topological polar surface area (TPSA) is 95.0 Å². The SMILES string of the molecule is O=C(OCc1cc(F)cc2c1OCOC2)C1CCN(S(=O)(=O)c2cccnc2)CC1. The lowest BCUT2D eigenvalue weighted by molar-refractivity contribution is -0.151. The standard InChI is InChI=1S/C20H21FN2O6S/c21-17-8-15-11-27-13-29-19(15)16(9-17)12-28-20(24)14-3-6-23(7-4-14)30(25,26)18-2-1-5-22-10-18/h1-2,5,8-10,14H,3-4,6-7,11-13H2. The van der Waals surface area contributed by atoms with E-state index >= 15 is 0 Å². The number of pyridine rings is 1. The molecule has 0 unspecified atom stereocenters. The van der Waals surface area contributed by atoms with E-state index < -0.39 is 27.7 Å². The number of esters is 1. The molecule has 1 saturated heterocycles. The van der Waals surface area contributed by atoms with E-state index in [9.17, 15) is 17.6 Å². The molecule has 2 aliphatic heterocycles. The smallest absolute Gasteiger partial charge is 0.309 e. The first kappa shape index (κ1) is 20.7. The van der Waals surface area contributed by atoms with Gasteiger partial charge in [-0.3, -0.25) is 9.78 Å². The van der Waals surface area contributed by atoms with Gasteiger partial charge in [0, 0.05) is 36.6 Å². The van der Waals surface area contributed by atoms with E-state index in [0.717, 1.165) is 0 Å². The zero-order chi connectivity index (χ0) is 21.1. The van der Waals surface area contributed by atoms with Crippen LogP contribution in [0, 0.1) is 11.7 Å². The number of carbonyl (C=O) groups is 1. The molecular weight excluding hydrogens is 415 g/mol. The van der Waals surface area contributed by atoms with Crippen molar-refractivity contribution in [3.63, 3.8) is 0 Å². The van der Waals surface area contributed by atoms with Crippen molar-refractivity contribution in [1.29, 1.82) is 0 Å². The lowest BCUT2D eigenvalue weighted by atomic mass is 9.98. The van der Waals surface area contributed by atoms with Gasteiger partial charge in [-0.2, -0.15) is 4.31 Å². The van der Waals surface area contributed by atoms with E-state index in [1.54, 1.807) is 6.07 Å². The fourth-order valence-corrected chi connectivity index (χ4v) is 5.05. The monoisotopic (exact) mass is 436 g/mol. The van der Waals surface area contributed by atoms with Crippen molar-refractivity contribution >= 4 is 16.0 Å². The highest BCUT2D eigenvalue weighted by atomic mass is 32.2. The van der Waals surface area contributed by atoms with Gasteiger partial charge in [0.1, 0.15) is 23.1 Å². The predicted octanol–water partition coefficient (Wildman–Crippen LogP) is 2.23. The minimum Gasteiger partial charge on any atom is -0.467 e. The van der Waals surface area contributed by atoms with E-state index in [1.807, 2.05) is 0 Å². The van der Waals surface area contributed by atoms with Crippen LogP contribution in [0.2, 0.25) is 0 Å². The van der Waals surface area contributed by atoms with Crippen LogP contribution in [-0.2, 0) is 37.5 Å². The van der Waals surface area contributed by atoms with Gasteiger partial charge in [0.25, 0.3) is 0 Å². The minimum atomic E-state index is -3.63. The van der Waals surface area contributed by atoms with Crippen LogP contribution >= 0.6 is 0 Å². The molecule has 1 aromatic heterocycles. The average molecular weight is 436 g/mol. The Kier molecular flexibility index (Phi) is 5.98. The molecule has 0 aliphatic carbocycles. The van der Waals surface area contributed by atoms with E-state index in [0.29, 0.717) is 29.7 Å². The maximum atomic E-state index is 13.8. The third-order valence-electron chi connectivity index (χ3n) is 5.18. The van der Waals surface area contributed by atoms with Crippen LogP contribution in [0.3, 0.4) is 0 Å². The van der Waals surface area contributed by atoms with Crippen molar-refractivity contribution in [1.82, 2.24) is 9.29 Å². The molecule has 0 saturated carbocycles. The largest absolute Gasteiger partial charge is 0.467 e. The second kappa shape index (κ2) is 8.66. The fourth-order valence-electron chi connectivity index (χ4n) is 3.61. The van der Waals surface area contributed by atoms with Gasteiger partial charge < -0.3 is 14.2 Å². The van der Waals surface area contributed by atoms with Crippen LogP contribution in [0.5, 0.6) is 5.75 Å². The summed E-state index contributed by atoms with van der Waals surface area (Å²) >= 11 is 0. The molecule has 8 nitrogen and oxygen atoms in total. The number of ether oxygens (including phenoxy) is 3. The molecule has 1 aromatic carbocycles. The van der Waals surface area contributed by atoms with Crippen molar-refractivity contribution in [2.24, 2.45) is 5.92 Å². The highest BCUT2D eigenvalue weighted by Crippen LogP contribution is 2.31. The summed E-state index contributed by atoms with van der Waals surface area (Å²) in [5.41, 5.74) is 1.01. The Morgan fingerprint density at radius 2 is 2.10 bits per heavy atom. The lowest BCUT2D eigenvalue weighted by Gasteiger charge is -2.30. The van der Waals surface area contributed by atoms with Crippen LogP contribution in [-0.4, -0.2) is 43.6 Å². The van der Waals surface area contributed by atoms with Gasteiger partial charge in [0.2, 0.25) is 10.0 Å². The zero-order valence-corrected chi connectivity index (χ0v) is 16.9. The lowest BCUT2D eigenvalue weighted by Crippen LogP contribution is -2.40. The van der Waals surface area contributed by atoms with Crippen molar-refractivity contribution in [3.8, 4) is 5.75 Å². The Labute approximate surface area is 173 Å². The molecule has 0 spiro atoms. The normalized spacial score (nSPS) is 17.8. The van der Waals surface area contributed by atoms with E-state index in [4.69, 9.17) is 14.2 Å². The second-order valence-electron chi connectivity index (χ2n) is 7.14. The number of fused-ring (bicyclic) bond motifs is 1. The molecule has 4 rings (SSSR count). The number of hydrogen-bond acceptors (Lipinski definition) is 7. The summed E-state index contributed by atoms with van der Waals surface area (Å²) in [5.74, 6) is -0.826. The number of carbonyl (C=O) groups excluding carboxylic acids is 1. The van der Waals surface area contributed by atoms with Crippen molar-refractivity contribution in [3.05, 3.63) is 53.6 Å². The fraction of sp³-hybridized carbons (Fsp3) is 0.400. The summed E-state index contributed by atoms with van der Waals surface area (Å²) in [4.78, 5) is 16.5. The second-order valence-corrected chi connectivity index (χ2v) is 9.08. The molecule has 0 atom stereocenters. The Morgan fingerprint density at radius 3 is 2.83 bits per heavy atom. The maximum absolute atomic E-state index is 13.8. The molecular formula is C20H21FN2O6S. The molecule has 1 fully saturated rings. The number of aromatic nitrogens is 1. The van der Waals surface area contributed by atoms with Crippen molar-refractivity contribution in [2.75, 3.05) is 19.9 Å². The third-order valence-corrected chi connectivity index (χ3v) is 7.06. The highest BCUT2D eigenvalue weighted by Gasteiger charge is 2.33. The predicted molar refractivity (Wildman–Crippen MR) is 102 cm³/mol. The summed E-state index contributed by atoms with van der Waals surface area (Å²) in [6.07, 6.45) is 3.52. The van der Waals surface area contributed by atoms with Crippen LogP contribution in [0.25, 0.3) is 0 Å². The molecule has 0 radical (unpaired) electrons. The van der Waals surface area contributed by atoms with Gasteiger partial charge in [0.15, 0.2) is 6.79 Å². The molecule has 0 bridgehead atoms. The molecule has 3 heterocycles. The number of hydrogen-bond donors (Lipinski definition) is 0.